The Kier molecular flexibility index (Phi) is 2.38. The predicted octanol–water partition coefficient (Wildman–Crippen LogP) is 0.730. The van der Waals surface area contributed by atoms with Crippen molar-refractivity contribution in [2.45, 2.75) is 0 Å². The van der Waals surface area contributed by atoms with Crippen LogP contribution in [0.3, 0.4) is 0 Å². The summed E-state index contributed by atoms with van der Waals surface area (Å²) >= 11 is 0.289. The first kappa shape index (κ1) is 10.1. The molecule has 0 fully saturated rings. The maximum absolute atomic E-state index is 9.13. The van der Waals surface area contributed by atoms with Gasteiger partial charge >= 0.3 is 98.9 Å². The minimum atomic E-state index is -1.37. The summed E-state index contributed by atoms with van der Waals surface area (Å²) in [5, 5.41) is 20.8. The summed E-state index contributed by atoms with van der Waals surface area (Å²) in [6.45, 7) is 0. The molecule has 2 N–H and O–H groups in total. The first-order valence-corrected chi connectivity index (χ1v) is 6.74. The second-order valence-electron chi connectivity index (χ2n) is 3.73. The first-order chi connectivity index (χ1) is 7.75. The molecule has 0 saturated carbocycles. The normalized spacial score (nSPS) is 11.1. The number of benzene rings is 2. The van der Waals surface area contributed by atoms with Crippen LogP contribution >= 0.6 is 0 Å². The fraction of sp³-hybridized carbons (Fsp3) is 0. The summed E-state index contributed by atoms with van der Waals surface area (Å²) < 4.78 is 2.61. The molecule has 78 valence electrons. The van der Waals surface area contributed by atoms with Crippen molar-refractivity contribution >= 4 is 46.4 Å². The summed E-state index contributed by atoms with van der Waals surface area (Å²) in [7, 11) is -1.37. The molecule has 0 spiro atoms. The zero-order chi connectivity index (χ0) is 11.1. The van der Waals surface area contributed by atoms with Crippen molar-refractivity contribution in [3.63, 3.8) is 0 Å². The molecule has 2 nitrogen and oxygen atoms in total. The van der Waals surface area contributed by atoms with Gasteiger partial charge in [-0.1, -0.05) is 0 Å². The van der Waals surface area contributed by atoms with Crippen LogP contribution in [0.5, 0.6) is 0 Å². The van der Waals surface area contributed by atoms with E-state index in [1.54, 1.807) is 6.07 Å². The quantitative estimate of drug-likeness (QED) is 0.643. The van der Waals surface area contributed by atoms with Gasteiger partial charge in [-0.3, -0.25) is 0 Å². The van der Waals surface area contributed by atoms with Crippen molar-refractivity contribution in [1.29, 1.82) is 0 Å². The maximum atomic E-state index is 9.13. The SMILES string of the molecule is OB(O)c1ccc2c(c1)[se]c1ccccc12. The van der Waals surface area contributed by atoms with Gasteiger partial charge in [0.15, 0.2) is 0 Å². The summed E-state index contributed by atoms with van der Waals surface area (Å²) in [5.41, 5.74) is 0.577. The fourth-order valence-electron chi connectivity index (χ4n) is 1.90. The first-order valence-electron chi connectivity index (χ1n) is 5.03. The summed E-state index contributed by atoms with van der Waals surface area (Å²) in [6.07, 6.45) is 0. The summed E-state index contributed by atoms with van der Waals surface area (Å²) in [5.74, 6) is 0. The van der Waals surface area contributed by atoms with Gasteiger partial charge in [-0.2, -0.15) is 0 Å². The topological polar surface area (TPSA) is 40.5 Å². The molecule has 0 atom stereocenters. The number of rotatable bonds is 1. The third-order valence-corrected chi connectivity index (χ3v) is 5.08. The van der Waals surface area contributed by atoms with Gasteiger partial charge in [-0.05, 0) is 0 Å². The van der Waals surface area contributed by atoms with E-state index in [9.17, 15) is 0 Å². The molecule has 0 bridgehead atoms. The van der Waals surface area contributed by atoms with Gasteiger partial charge in [0.05, 0.1) is 0 Å². The Balaban J connectivity index is 2.37. The van der Waals surface area contributed by atoms with E-state index in [4.69, 9.17) is 10.0 Å². The van der Waals surface area contributed by atoms with Gasteiger partial charge in [0.2, 0.25) is 0 Å². The molecule has 2 aromatic carbocycles. The van der Waals surface area contributed by atoms with E-state index in [2.05, 4.69) is 12.1 Å². The van der Waals surface area contributed by atoms with Crippen molar-refractivity contribution in [3.8, 4) is 0 Å². The van der Waals surface area contributed by atoms with E-state index in [1.165, 1.54) is 19.3 Å². The summed E-state index contributed by atoms with van der Waals surface area (Å²) in [4.78, 5) is 0. The van der Waals surface area contributed by atoms with Gasteiger partial charge in [0.1, 0.15) is 0 Å². The van der Waals surface area contributed by atoms with Crippen LogP contribution in [0.2, 0.25) is 0 Å². The van der Waals surface area contributed by atoms with Gasteiger partial charge in [0, 0.05) is 0 Å². The van der Waals surface area contributed by atoms with Crippen LogP contribution in [0.25, 0.3) is 19.3 Å². The van der Waals surface area contributed by atoms with E-state index < -0.39 is 7.12 Å². The van der Waals surface area contributed by atoms with Crippen LogP contribution in [0.1, 0.15) is 0 Å². The van der Waals surface area contributed by atoms with Crippen molar-refractivity contribution in [2.24, 2.45) is 0 Å². The van der Waals surface area contributed by atoms with Gasteiger partial charge < -0.3 is 0 Å². The van der Waals surface area contributed by atoms with E-state index in [0.717, 1.165) is 0 Å². The van der Waals surface area contributed by atoms with Crippen LogP contribution < -0.4 is 5.46 Å². The molecular formula is C12H9BO2Se. The molecule has 1 heterocycles. The van der Waals surface area contributed by atoms with Crippen molar-refractivity contribution in [3.05, 3.63) is 42.5 Å². The van der Waals surface area contributed by atoms with Crippen LogP contribution in [-0.2, 0) is 0 Å². The Bertz CT molecular complexity index is 660. The average molecular weight is 275 g/mol. The van der Waals surface area contributed by atoms with E-state index in [-0.39, 0.29) is 14.5 Å². The third-order valence-electron chi connectivity index (χ3n) is 2.70. The molecule has 1 aromatic heterocycles. The Hall–Kier alpha value is -1.06. The molecule has 0 amide bonds. The number of hydrogen-bond donors (Lipinski definition) is 2. The van der Waals surface area contributed by atoms with Gasteiger partial charge in [-0.15, -0.1) is 0 Å². The Labute approximate surface area is 99.0 Å². The molecule has 4 heteroatoms. The van der Waals surface area contributed by atoms with Crippen LogP contribution in [0.15, 0.2) is 42.5 Å². The Morgan fingerprint density at radius 2 is 1.62 bits per heavy atom. The van der Waals surface area contributed by atoms with E-state index in [1.807, 2.05) is 24.3 Å². The molecule has 0 aliphatic carbocycles. The van der Waals surface area contributed by atoms with Crippen LogP contribution in [0, 0.1) is 0 Å². The van der Waals surface area contributed by atoms with E-state index in [0.29, 0.717) is 5.46 Å². The second kappa shape index (κ2) is 3.76. The number of fused-ring (bicyclic) bond motifs is 3. The molecule has 0 unspecified atom stereocenters. The van der Waals surface area contributed by atoms with E-state index >= 15 is 0 Å². The zero-order valence-corrected chi connectivity index (χ0v) is 10.1. The Morgan fingerprint density at radius 1 is 0.875 bits per heavy atom. The monoisotopic (exact) mass is 276 g/mol. The predicted molar refractivity (Wildman–Crippen MR) is 68.2 cm³/mol. The molecule has 0 aliphatic heterocycles. The second-order valence-corrected chi connectivity index (χ2v) is 6.00. The molecule has 0 radical (unpaired) electrons. The van der Waals surface area contributed by atoms with Crippen LogP contribution in [0.4, 0.5) is 0 Å². The molecular weight excluding hydrogens is 266 g/mol. The van der Waals surface area contributed by atoms with Crippen LogP contribution in [-0.4, -0.2) is 31.7 Å². The number of hydrogen-bond acceptors (Lipinski definition) is 2. The summed E-state index contributed by atoms with van der Waals surface area (Å²) in [6, 6.07) is 14.0. The molecule has 0 aliphatic rings. The van der Waals surface area contributed by atoms with Crippen molar-refractivity contribution < 1.29 is 10.0 Å². The average Bonchev–Trinajstić information content (AvgIpc) is 2.66. The van der Waals surface area contributed by atoms with Crippen molar-refractivity contribution in [2.75, 3.05) is 0 Å². The minimum absolute atomic E-state index is 0.289. The van der Waals surface area contributed by atoms with Gasteiger partial charge in [0.25, 0.3) is 0 Å². The third kappa shape index (κ3) is 1.51. The molecule has 16 heavy (non-hydrogen) atoms. The van der Waals surface area contributed by atoms with Crippen molar-refractivity contribution in [1.82, 2.24) is 0 Å². The molecule has 3 aromatic rings. The van der Waals surface area contributed by atoms with Gasteiger partial charge in [-0.25, -0.2) is 0 Å². The standard InChI is InChI=1S/C12H9BO2Se/c14-13(15)8-5-6-10-9-3-1-2-4-11(9)16-12(10)7-8/h1-7,14-15H. The fourth-order valence-corrected chi connectivity index (χ4v) is 4.33. The zero-order valence-electron chi connectivity index (χ0n) is 8.42. The molecule has 0 saturated heterocycles. The Morgan fingerprint density at radius 3 is 2.44 bits per heavy atom. The molecule has 3 rings (SSSR count).